The van der Waals surface area contributed by atoms with Gasteiger partial charge in [-0.2, -0.15) is 10.1 Å². The summed E-state index contributed by atoms with van der Waals surface area (Å²) in [5, 5.41) is 7.86. The maximum atomic E-state index is 12.4. The van der Waals surface area contributed by atoms with Crippen molar-refractivity contribution in [1.82, 2.24) is 15.2 Å². The van der Waals surface area contributed by atoms with Gasteiger partial charge in [0.1, 0.15) is 5.82 Å². The summed E-state index contributed by atoms with van der Waals surface area (Å²) < 4.78 is 5.30. The molecular weight excluding hydrogens is 343 g/mol. The molecule has 1 aliphatic rings. The zero-order chi connectivity index (χ0) is 18.0. The number of hydrogen-bond donors (Lipinski definition) is 3. The molecule has 1 fully saturated rings. The highest BCUT2D eigenvalue weighted by molar-refractivity contribution is 7.45. The van der Waals surface area contributed by atoms with Gasteiger partial charge in [0.2, 0.25) is 5.88 Å². The summed E-state index contributed by atoms with van der Waals surface area (Å²) in [5.41, 5.74) is 0.477. The summed E-state index contributed by atoms with van der Waals surface area (Å²) in [7, 11) is -0.256. The standard InChI is InChI=1S/C16H23N4O4P/c1-10-12-9-13(24-2)17-15(14(12)16(21)19-18-10)20-6-3-11(4-7-20)5-8-25(22)23/h9,11,22-23H,3-8H2,1-2H3,(H,19,21). The summed E-state index contributed by atoms with van der Waals surface area (Å²) in [6.45, 7) is 3.39. The molecule has 9 heteroatoms. The molecule has 2 aromatic heterocycles. The molecule has 1 saturated heterocycles. The van der Waals surface area contributed by atoms with Gasteiger partial charge in [0.15, 0.2) is 8.38 Å². The highest BCUT2D eigenvalue weighted by Gasteiger charge is 2.24. The van der Waals surface area contributed by atoms with Crippen LogP contribution in [0.3, 0.4) is 0 Å². The second kappa shape index (κ2) is 7.64. The first kappa shape index (κ1) is 18.0. The van der Waals surface area contributed by atoms with E-state index in [2.05, 4.69) is 20.1 Å². The van der Waals surface area contributed by atoms with Crippen LogP contribution in [0.4, 0.5) is 5.82 Å². The minimum atomic E-state index is -1.81. The minimum absolute atomic E-state index is 0.251. The van der Waals surface area contributed by atoms with Gasteiger partial charge in [-0.05, 0) is 32.1 Å². The number of piperidine rings is 1. The molecule has 2 aromatic rings. The Balaban J connectivity index is 1.89. The molecule has 3 N–H and O–H groups in total. The number of H-pyrrole nitrogens is 1. The fraction of sp³-hybridized carbons (Fsp3) is 0.562. The lowest BCUT2D eigenvalue weighted by Gasteiger charge is -2.33. The number of hydrogen-bond acceptors (Lipinski definition) is 7. The molecule has 1 aliphatic heterocycles. The van der Waals surface area contributed by atoms with Gasteiger partial charge in [-0.3, -0.25) is 4.79 Å². The number of nitrogens with one attached hydrogen (secondary N) is 1. The molecule has 0 spiro atoms. The van der Waals surface area contributed by atoms with Crippen molar-refractivity contribution in [2.24, 2.45) is 5.92 Å². The Morgan fingerprint density at radius 3 is 2.76 bits per heavy atom. The quantitative estimate of drug-likeness (QED) is 0.688. The van der Waals surface area contributed by atoms with E-state index in [1.165, 1.54) is 0 Å². The van der Waals surface area contributed by atoms with Crippen molar-refractivity contribution in [3.05, 3.63) is 22.1 Å². The number of methoxy groups -OCH3 is 1. The molecule has 8 nitrogen and oxygen atoms in total. The van der Waals surface area contributed by atoms with E-state index in [4.69, 9.17) is 14.5 Å². The number of aromatic nitrogens is 3. The Morgan fingerprint density at radius 1 is 1.40 bits per heavy atom. The van der Waals surface area contributed by atoms with Crippen LogP contribution in [-0.2, 0) is 0 Å². The lowest BCUT2D eigenvalue weighted by atomic mass is 9.94. The number of aryl methyl sites for hydroxylation is 1. The summed E-state index contributed by atoms with van der Waals surface area (Å²) in [4.78, 5) is 37.2. The highest BCUT2D eigenvalue weighted by Crippen LogP contribution is 2.33. The van der Waals surface area contributed by atoms with Crippen LogP contribution in [0, 0.1) is 12.8 Å². The number of rotatable bonds is 5. The summed E-state index contributed by atoms with van der Waals surface area (Å²) in [5.74, 6) is 1.57. The highest BCUT2D eigenvalue weighted by atomic mass is 31.2. The van der Waals surface area contributed by atoms with Crippen LogP contribution in [-0.4, -0.2) is 51.3 Å². The van der Waals surface area contributed by atoms with Gasteiger partial charge in [-0.25, -0.2) is 5.10 Å². The van der Waals surface area contributed by atoms with Gasteiger partial charge >= 0.3 is 0 Å². The molecule has 0 saturated carbocycles. The molecule has 0 unspecified atom stereocenters. The van der Waals surface area contributed by atoms with E-state index in [0.29, 0.717) is 29.2 Å². The monoisotopic (exact) mass is 366 g/mol. The normalized spacial score (nSPS) is 16.0. The number of anilines is 1. The van der Waals surface area contributed by atoms with E-state index in [0.717, 1.165) is 43.4 Å². The van der Waals surface area contributed by atoms with Gasteiger partial charge in [0.25, 0.3) is 5.56 Å². The Bertz CT molecular complexity index is 803. The van der Waals surface area contributed by atoms with Crippen LogP contribution in [0.5, 0.6) is 5.88 Å². The molecule has 0 atom stereocenters. The Morgan fingerprint density at radius 2 is 2.12 bits per heavy atom. The predicted molar refractivity (Wildman–Crippen MR) is 97.2 cm³/mol. The van der Waals surface area contributed by atoms with E-state index in [9.17, 15) is 4.79 Å². The number of aromatic amines is 1. The predicted octanol–water partition coefficient (Wildman–Crippen LogP) is 1.54. The minimum Gasteiger partial charge on any atom is -0.481 e. The van der Waals surface area contributed by atoms with Crippen LogP contribution in [0.1, 0.15) is 25.0 Å². The number of pyridine rings is 1. The molecule has 0 aromatic carbocycles. The first-order valence-corrected chi connectivity index (χ1v) is 9.77. The Kier molecular flexibility index (Phi) is 5.51. The SMILES string of the molecule is COc1cc2c(C)n[nH]c(=O)c2c(N2CCC(CCP(O)O)CC2)n1. The molecule has 3 rings (SSSR count). The van der Waals surface area contributed by atoms with Gasteiger partial charge in [0.05, 0.1) is 18.2 Å². The zero-order valence-corrected chi connectivity index (χ0v) is 15.3. The largest absolute Gasteiger partial charge is 0.481 e. The average Bonchev–Trinajstić information content (AvgIpc) is 2.62. The van der Waals surface area contributed by atoms with E-state index in [1.54, 1.807) is 13.2 Å². The van der Waals surface area contributed by atoms with Crippen molar-refractivity contribution < 1.29 is 14.5 Å². The molecule has 0 aliphatic carbocycles. The molecule has 136 valence electrons. The van der Waals surface area contributed by atoms with Gasteiger partial charge in [-0.1, -0.05) is 0 Å². The average molecular weight is 366 g/mol. The van der Waals surface area contributed by atoms with Crippen molar-refractivity contribution in [1.29, 1.82) is 0 Å². The lowest BCUT2D eigenvalue weighted by molar-refractivity contribution is 0.381. The van der Waals surface area contributed by atoms with Crippen LogP contribution < -0.4 is 15.2 Å². The van der Waals surface area contributed by atoms with Crippen molar-refractivity contribution in [2.75, 3.05) is 31.3 Å². The molecule has 3 heterocycles. The third kappa shape index (κ3) is 3.92. The third-order valence-electron chi connectivity index (χ3n) is 4.78. The fourth-order valence-electron chi connectivity index (χ4n) is 3.33. The molecule has 25 heavy (non-hydrogen) atoms. The smallest absolute Gasteiger partial charge is 0.275 e. The first-order chi connectivity index (χ1) is 12.0. The van der Waals surface area contributed by atoms with Crippen LogP contribution in [0.2, 0.25) is 0 Å². The van der Waals surface area contributed by atoms with Crippen molar-refractivity contribution >= 4 is 25.0 Å². The maximum Gasteiger partial charge on any atom is 0.275 e. The Labute approximate surface area is 146 Å². The molecule has 0 radical (unpaired) electrons. The maximum absolute atomic E-state index is 12.4. The number of nitrogens with zero attached hydrogens (tertiary/aromatic N) is 3. The molecular formula is C16H23N4O4P. The topological polar surface area (TPSA) is 112 Å². The second-order valence-electron chi connectivity index (χ2n) is 6.36. The third-order valence-corrected chi connectivity index (χ3v) is 5.44. The van der Waals surface area contributed by atoms with E-state index < -0.39 is 8.38 Å². The summed E-state index contributed by atoms with van der Waals surface area (Å²) in [6, 6.07) is 1.74. The van der Waals surface area contributed by atoms with Crippen molar-refractivity contribution in [3.8, 4) is 5.88 Å². The summed E-state index contributed by atoms with van der Waals surface area (Å²) >= 11 is 0. The fourth-order valence-corrected chi connectivity index (χ4v) is 3.93. The molecule has 0 amide bonds. The second-order valence-corrected chi connectivity index (χ2v) is 7.56. The van der Waals surface area contributed by atoms with E-state index in [-0.39, 0.29) is 5.56 Å². The number of ether oxygens (including phenoxy) is 1. The van der Waals surface area contributed by atoms with E-state index in [1.807, 2.05) is 6.92 Å². The van der Waals surface area contributed by atoms with Crippen LogP contribution in [0.15, 0.2) is 10.9 Å². The van der Waals surface area contributed by atoms with Gasteiger partial charge < -0.3 is 19.4 Å². The van der Waals surface area contributed by atoms with Crippen molar-refractivity contribution in [3.63, 3.8) is 0 Å². The summed E-state index contributed by atoms with van der Waals surface area (Å²) in [6.07, 6.45) is 3.16. The van der Waals surface area contributed by atoms with Gasteiger partial charge in [0, 0.05) is 30.7 Å². The van der Waals surface area contributed by atoms with Gasteiger partial charge in [-0.15, -0.1) is 0 Å². The molecule has 0 bridgehead atoms. The van der Waals surface area contributed by atoms with Crippen LogP contribution >= 0.6 is 8.38 Å². The Hall–Kier alpha value is -1.76. The lowest BCUT2D eigenvalue weighted by Crippen LogP contribution is -2.35. The van der Waals surface area contributed by atoms with E-state index >= 15 is 0 Å². The first-order valence-electron chi connectivity index (χ1n) is 8.34. The van der Waals surface area contributed by atoms with Crippen LogP contribution in [0.25, 0.3) is 10.8 Å². The zero-order valence-electron chi connectivity index (χ0n) is 14.4. The number of fused-ring (bicyclic) bond motifs is 1. The van der Waals surface area contributed by atoms with Crippen molar-refractivity contribution in [2.45, 2.75) is 26.2 Å².